The predicted molar refractivity (Wildman–Crippen MR) is 80.7 cm³/mol. The van der Waals surface area contributed by atoms with E-state index in [-0.39, 0.29) is 5.69 Å². The van der Waals surface area contributed by atoms with Gasteiger partial charge in [0.15, 0.2) is 0 Å². The van der Waals surface area contributed by atoms with Crippen LogP contribution in [0.25, 0.3) is 0 Å². The molecule has 1 N–H and O–H groups in total. The average molecular weight is 362 g/mol. The first kappa shape index (κ1) is 14.5. The zero-order valence-electron chi connectivity index (χ0n) is 9.73. The molecule has 0 atom stereocenters. The molecule has 0 spiro atoms. The Kier molecular flexibility index (Phi) is 4.93. The molecule has 7 heteroatoms. The minimum atomic E-state index is -0.396. The van der Waals surface area contributed by atoms with Crippen LogP contribution in [0.1, 0.15) is 10.4 Å². The van der Waals surface area contributed by atoms with Crippen LogP contribution in [-0.2, 0) is 13.1 Å². The lowest BCUT2D eigenvalue weighted by Gasteiger charge is -2.06. The van der Waals surface area contributed by atoms with E-state index in [4.69, 9.17) is 11.6 Å². The molecular formula is C12H10BrClN2O2S. The highest BCUT2D eigenvalue weighted by molar-refractivity contribution is 9.10. The summed E-state index contributed by atoms with van der Waals surface area (Å²) in [5.41, 5.74) is 0.940. The van der Waals surface area contributed by atoms with Crippen LogP contribution in [0, 0.1) is 10.1 Å². The van der Waals surface area contributed by atoms with Crippen LogP contribution in [0.2, 0.25) is 4.34 Å². The first-order chi connectivity index (χ1) is 9.08. The summed E-state index contributed by atoms with van der Waals surface area (Å²) < 4.78 is 1.28. The summed E-state index contributed by atoms with van der Waals surface area (Å²) in [5, 5.41) is 14.1. The zero-order chi connectivity index (χ0) is 13.8. The quantitative estimate of drug-likeness (QED) is 0.636. The minimum absolute atomic E-state index is 0.0819. The molecule has 0 aliphatic heterocycles. The van der Waals surface area contributed by atoms with Crippen molar-refractivity contribution in [3.8, 4) is 0 Å². The van der Waals surface area contributed by atoms with Gasteiger partial charge in [-0.25, -0.2) is 0 Å². The number of nitro benzene ring substituents is 1. The molecule has 1 aromatic heterocycles. The zero-order valence-corrected chi connectivity index (χ0v) is 12.9. The van der Waals surface area contributed by atoms with Crippen molar-refractivity contribution in [1.29, 1.82) is 0 Å². The first-order valence-electron chi connectivity index (χ1n) is 5.44. The molecule has 1 aromatic carbocycles. The highest BCUT2D eigenvalue weighted by atomic mass is 79.9. The lowest BCUT2D eigenvalue weighted by molar-refractivity contribution is -0.385. The van der Waals surface area contributed by atoms with Crippen molar-refractivity contribution in [2.24, 2.45) is 0 Å². The molecule has 0 amide bonds. The molecule has 1 heterocycles. The molecule has 0 radical (unpaired) electrons. The molecule has 0 saturated heterocycles. The summed E-state index contributed by atoms with van der Waals surface area (Å²) in [6, 6.07) is 8.83. The van der Waals surface area contributed by atoms with Crippen LogP contribution < -0.4 is 5.32 Å². The molecule has 0 saturated carbocycles. The Hall–Kier alpha value is -0.950. The Morgan fingerprint density at radius 3 is 2.74 bits per heavy atom. The lowest BCUT2D eigenvalue weighted by atomic mass is 10.2. The smallest absolute Gasteiger partial charge is 0.283 e. The summed E-state index contributed by atoms with van der Waals surface area (Å²) in [5.74, 6) is 0. The van der Waals surface area contributed by atoms with E-state index < -0.39 is 4.92 Å². The summed E-state index contributed by atoms with van der Waals surface area (Å²) in [7, 11) is 0. The Bertz CT molecular complexity index is 603. The average Bonchev–Trinajstić information content (AvgIpc) is 2.77. The molecule has 0 unspecified atom stereocenters. The predicted octanol–water partition coefficient (Wildman–Crippen LogP) is 4.36. The fraction of sp³-hybridized carbons (Fsp3) is 0.167. The van der Waals surface area contributed by atoms with Crippen LogP contribution in [0.4, 0.5) is 5.69 Å². The number of rotatable bonds is 5. The molecular weight excluding hydrogens is 352 g/mol. The van der Waals surface area contributed by atoms with E-state index in [1.54, 1.807) is 6.07 Å². The van der Waals surface area contributed by atoms with Crippen molar-refractivity contribution in [2.45, 2.75) is 13.1 Å². The van der Waals surface area contributed by atoms with Gasteiger partial charge in [0.1, 0.15) is 0 Å². The van der Waals surface area contributed by atoms with Gasteiger partial charge in [-0.05, 0) is 33.6 Å². The van der Waals surface area contributed by atoms with Gasteiger partial charge in [-0.3, -0.25) is 10.1 Å². The van der Waals surface area contributed by atoms with Gasteiger partial charge >= 0.3 is 0 Å². The molecule has 0 fully saturated rings. The van der Waals surface area contributed by atoms with E-state index in [0.29, 0.717) is 17.6 Å². The monoisotopic (exact) mass is 360 g/mol. The fourth-order valence-corrected chi connectivity index (χ4v) is 3.22. The summed E-state index contributed by atoms with van der Waals surface area (Å²) in [4.78, 5) is 11.5. The van der Waals surface area contributed by atoms with Crippen LogP contribution >= 0.6 is 38.9 Å². The fourth-order valence-electron chi connectivity index (χ4n) is 1.61. The third-order valence-electron chi connectivity index (χ3n) is 2.50. The summed E-state index contributed by atoms with van der Waals surface area (Å²) >= 11 is 10.6. The second-order valence-electron chi connectivity index (χ2n) is 3.82. The van der Waals surface area contributed by atoms with Crippen LogP contribution in [0.15, 0.2) is 34.8 Å². The Balaban J connectivity index is 2.00. The van der Waals surface area contributed by atoms with E-state index in [2.05, 4.69) is 21.2 Å². The second-order valence-corrected chi connectivity index (χ2v) is 6.41. The van der Waals surface area contributed by atoms with Crippen molar-refractivity contribution >= 4 is 44.6 Å². The van der Waals surface area contributed by atoms with Crippen LogP contribution in [-0.4, -0.2) is 4.92 Å². The molecule has 0 bridgehead atoms. The molecule has 2 rings (SSSR count). The Morgan fingerprint density at radius 1 is 1.32 bits per heavy atom. The number of nitro groups is 1. The molecule has 19 heavy (non-hydrogen) atoms. The van der Waals surface area contributed by atoms with E-state index in [1.165, 1.54) is 17.4 Å². The number of nitrogens with zero attached hydrogens (tertiary/aromatic N) is 1. The molecule has 100 valence electrons. The van der Waals surface area contributed by atoms with Gasteiger partial charge in [0, 0.05) is 24.0 Å². The van der Waals surface area contributed by atoms with Gasteiger partial charge in [-0.2, -0.15) is 0 Å². The van der Waals surface area contributed by atoms with Crippen molar-refractivity contribution in [1.82, 2.24) is 5.32 Å². The Morgan fingerprint density at radius 2 is 2.11 bits per heavy atom. The van der Waals surface area contributed by atoms with E-state index in [0.717, 1.165) is 14.8 Å². The number of hydrogen-bond acceptors (Lipinski definition) is 4. The maximum absolute atomic E-state index is 10.8. The SMILES string of the molecule is O=[N+]([O-])c1cccc(CNCc2ccc(Cl)s2)c1Br. The second kappa shape index (κ2) is 6.47. The van der Waals surface area contributed by atoms with Crippen LogP contribution in [0.3, 0.4) is 0 Å². The summed E-state index contributed by atoms with van der Waals surface area (Å²) in [6.07, 6.45) is 0. The normalized spacial score (nSPS) is 10.6. The topological polar surface area (TPSA) is 55.2 Å². The maximum Gasteiger partial charge on any atom is 0.283 e. The number of halogens is 2. The third kappa shape index (κ3) is 3.76. The van der Waals surface area contributed by atoms with Gasteiger partial charge in [-0.15, -0.1) is 11.3 Å². The van der Waals surface area contributed by atoms with E-state index in [9.17, 15) is 10.1 Å². The highest BCUT2D eigenvalue weighted by Crippen LogP contribution is 2.28. The van der Waals surface area contributed by atoms with Gasteiger partial charge < -0.3 is 5.32 Å². The Labute approximate surface area is 127 Å². The number of nitrogens with one attached hydrogen (secondary N) is 1. The molecule has 4 nitrogen and oxygen atoms in total. The van der Waals surface area contributed by atoms with Crippen molar-refractivity contribution in [3.63, 3.8) is 0 Å². The van der Waals surface area contributed by atoms with Gasteiger partial charge in [0.25, 0.3) is 5.69 Å². The van der Waals surface area contributed by atoms with Gasteiger partial charge in [0.2, 0.25) is 0 Å². The third-order valence-corrected chi connectivity index (χ3v) is 4.65. The highest BCUT2D eigenvalue weighted by Gasteiger charge is 2.14. The van der Waals surface area contributed by atoms with E-state index in [1.807, 2.05) is 18.2 Å². The number of benzene rings is 1. The van der Waals surface area contributed by atoms with Crippen molar-refractivity contribution in [2.75, 3.05) is 0 Å². The number of thiophene rings is 1. The van der Waals surface area contributed by atoms with Gasteiger partial charge in [-0.1, -0.05) is 23.7 Å². The first-order valence-corrected chi connectivity index (χ1v) is 7.43. The minimum Gasteiger partial charge on any atom is -0.308 e. The summed E-state index contributed by atoms with van der Waals surface area (Å²) in [6.45, 7) is 1.24. The van der Waals surface area contributed by atoms with Crippen molar-refractivity contribution < 1.29 is 4.92 Å². The molecule has 0 aliphatic rings. The molecule has 0 aliphatic carbocycles. The standard InChI is InChI=1S/C12H10BrClN2O2S/c13-12-8(2-1-3-10(12)16(17)18)6-15-7-9-4-5-11(14)19-9/h1-5,15H,6-7H2. The van der Waals surface area contributed by atoms with Crippen molar-refractivity contribution in [3.05, 3.63) is 59.7 Å². The van der Waals surface area contributed by atoms with E-state index >= 15 is 0 Å². The lowest BCUT2D eigenvalue weighted by Crippen LogP contribution is -2.12. The molecule has 2 aromatic rings. The van der Waals surface area contributed by atoms with Crippen LogP contribution in [0.5, 0.6) is 0 Å². The maximum atomic E-state index is 10.8. The van der Waals surface area contributed by atoms with Gasteiger partial charge in [0.05, 0.1) is 13.7 Å². The number of hydrogen-bond donors (Lipinski definition) is 1. The largest absolute Gasteiger partial charge is 0.308 e.